The van der Waals surface area contributed by atoms with E-state index in [1.807, 2.05) is 0 Å². The molecule has 144 valence electrons. The summed E-state index contributed by atoms with van der Waals surface area (Å²) in [6, 6.07) is 2.86. The van der Waals surface area contributed by atoms with Crippen LogP contribution in [0.1, 0.15) is 15.9 Å². The molecule has 0 aliphatic carbocycles. The Hall–Kier alpha value is -1.47. The van der Waals surface area contributed by atoms with Crippen LogP contribution in [0.25, 0.3) is 0 Å². The lowest BCUT2D eigenvalue weighted by molar-refractivity contribution is -0.356. The zero-order valence-corrected chi connectivity index (χ0v) is 13.9. The average Bonchev–Trinajstić information content (AvgIpc) is 2.42. The summed E-state index contributed by atoms with van der Waals surface area (Å²) in [7, 11) is -0.600. The van der Waals surface area contributed by atoms with Gasteiger partial charge in [0, 0.05) is 0 Å². The van der Waals surface area contributed by atoms with E-state index in [9.17, 15) is 39.6 Å². The second-order valence-electron chi connectivity index (χ2n) is 4.96. The molecule has 0 spiro atoms. The van der Waals surface area contributed by atoms with E-state index in [2.05, 4.69) is 4.74 Å². The molecule has 0 aliphatic rings. The fraction of sp³-hybridized carbons (Fsp3) is 0.417. The second kappa shape index (κ2) is 7.27. The van der Waals surface area contributed by atoms with Crippen molar-refractivity contribution in [2.24, 2.45) is 0 Å². The van der Waals surface area contributed by atoms with Gasteiger partial charge in [0.15, 0.2) is 0 Å². The van der Waals surface area contributed by atoms with Crippen molar-refractivity contribution in [3.8, 4) is 0 Å². The molecule has 0 fully saturated rings. The number of ether oxygens (including phenoxy) is 1. The third-order valence-electron chi connectivity index (χ3n) is 3.06. The van der Waals surface area contributed by atoms with Crippen molar-refractivity contribution in [2.75, 3.05) is 5.75 Å². The number of rotatable bonds is 5. The molecule has 0 unspecified atom stereocenters. The summed E-state index contributed by atoms with van der Waals surface area (Å²) < 4.78 is 112. The maximum atomic E-state index is 13.1. The van der Waals surface area contributed by atoms with Crippen LogP contribution >= 0.6 is 11.6 Å². The van der Waals surface area contributed by atoms with Gasteiger partial charge in [-0.3, -0.25) is 4.55 Å². The minimum atomic E-state index is -6.42. The molecule has 5 nitrogen and oxygen atoms in total. The zero-order chi connectivity index (χ0) is 20.6. The molecule has 1 rings (SSSR count). The minimum absolute atomic E-state index is 0.0904. The lowest BCUT2D eigenvalue weighted by Crippen LogP contribution is -2.63. The summed E-state index contributed by atoms with van der Waals surface area (Å²) in [4.78, 5) is 11.8. The Bertz CT molecular complexity index is 778. The first-order chi connectivity index (χ1) is 11.5. The Kier molecular flexibility index (Phi) is 6.32. The van der Waals surface area contributed by atoms with E-state index in [0.29, 0.717) is 5.56 Å². The predicted molar refractivity (Wildman–Crippen MR) is 77.6 cm³/mol. The van der Waals surface area contributed by atoms with E-state index in [4.69, 9.17) is 24.0 Å². The van der Waals surface area contributed by atoms with Gasteiger partial charge >= 0.3 is 23.9 Å². The fourth-order valence-corrected chi connectivity index (χ4v) is 2.97. The third kappa shape index (κ3) is 4.83. The van der Waals surface area contributed by atoms with E-state index in [1.54, 1.807) is 0 Å². The number of carbonyl (C=O) groups is 1. The number of carbonyl (C=O) groups excluding carboxylic acids is 1. The van der Waals surface area contributed by atoms with Gasteiger partial charge in [-0.1, -0.05) is 29.6 Å². The highest BCUT2D eigenvalue weighted by atomic mass is 35.5. The van der Waals surface area contributed by atoms with E-state index >= 15 is 0 Å². The van der Waals surface area contributed by atoms with Crippen molar-refractivity contribution >= 4 is 35.5 Å². The van der Waals surface area contributed by atoms with E-state index < -0.39 is 50.4 Å². The summed E-state index contributed by atoms with van der Waals surface area (Å²) in [5.41, 5.74) is -6.08. The molecular weight excluding hydrogens is 416 g/mol. The highest BCUT2D eigenvalue weighted by molar-refractivity contribution is 7.85. The third-order valence-corrected chi connectivity index (χ3v) is 4.14. The van der Waals surface area contributed by atoms with Gasteiger partial charge in [0.1, 0.15) is 5.75 Å². The molecule has 26 heavy (non-hydrogen) atoms. The van der Waals surface area contributed by atoms with Gasteiger partial charge in [-0.25, -0.2) is 4.79 Å². The first-order valence-electron chi connectivity index (χ1n) is 6.34. The normalized spacial score (nSPS) is 13.5. The topological polar surface area (TPSA) is 80.7 Å². The summed E-state index contributed by atoms with van der Waals surface area (Å²) >= 11 is 5.61. The summed E-state index contributed by atoms with van der Waals surface area (Å²) in [6.45, 7) is 0. The van der Waals surface area contributed by atoms with Crippen molar-refractivity contribution in [1.29, 1.82) is 0 Å². The zero-order valence-electron chi connectivity index (χ0n) is 12.4. The number of hydrogen-bond acceptors (Lipinski definition) is 4. The number of hydrogen-bond donors (Lipinski definition) is 1. The van der Waals surface area contributed by atoms with Crippen molar-refractivity contribution in [3.63, 3.8) is 0 Å². The molecule has 0 heterocycles. The largest absolute Gasteiger partial charge is 0.438 e. The molecule has 0 saturated heterocycles. The van der Waals surface area contributed by atoms with Crippen LogP contribution in [0.4, 0.5) is 26.3 Å². The van der Waals surface area contributed by atoms with Gasteiger partial charge in [-0.2, -0.15) is 34.8 Å². The Morgan fingerprint density at radius 1 is 1.15 bits per heavy atom. The quantitative estimate of drug-likeness (QED) is 0.340. The number of esters is 1. The highest BCUT2D eigenvalue weighted by Gasteiger charge is 2.76. The van der Waals surface area contributed by atoms with Crippen LogP contribution in [0.15, 0.2) is 18.2 Å². The van der Waals surface area contributed by atoms with Gasteiger partial charge in [-0.05, 0) is 12.1 Å². The Balaban J connectivity index is 3.48. The Labute approximate surface area is 149 Å². The van der Waals surface area contributed by atoms with Crippen LogP contribution in [-0.2, 0) is 21.2 Å². The summed E-state index contributed by atoms with van der Waals surface area (Å²) in [6.07, 6.45) is -12.9. The molecule has 0 amide bonds. The van der Waals surface area contributed by atoms with E-state index in [0.717, 1.165) is 18.2 Å². The van der Waals surface area contributed by atoms with Gasteiger partial charge in [0.2, 0.25) is 0 Å². The van der Waals surface area contributed by atoms with E-state index in [-0.39, 0.29) is 6.32 Å². The summed E-state index contributed by atoms with van der Waals surface area (Å²) in [5.74, 6) is -5.17. The van der Waals surface area contributed by atoms with E-state index in [1.165, 1.54) is 0 Å². The SMILES string of the molecule is [B]Cc1ccc(C(=O)OC(CS(=O)(=O)O)(C(F)(F)F)C(F)(F)F)c(Cl)c1. The van der Waals surface area contributed by atoms with Crippen LogP contribution in [0, 0.1) is 0 Å². The molecule has 1 N–H and O–H groups in total. The van der Waals surface area contributed by atoms with Crippen molar-refractivity contribution in [2.45, 2.75) is 24.3 Å². The monoisotopic (exact) mass is 424 g/mol. The number of benzene rings is 1. The molecular formula is C12H8BClF6O5S. The standard InChI is InChI=1S/C12H8BClF6O5S/c13-4-6-1-2-7(8(14)3-6)9(21)25-10(11(15,16)17,12(18,19)20)5-26(22,23)24/h1-3H,4-5H2,(H,22,23,24). The maximum Gasteiger partial charge on any atom is 0.438 e. The Morgan fingerprint density at radius 3 is 2.00 bits per heavy atom. The molecule has 0 saturated carbocycles. The van der Waals surface area contributed by atoms with Gasteiger partial charge in [0.05, 0.1) is 18.4 Å². The molecule has 0 bridgehead atoms. The Morgan fingerprint density at radius 2 is 1.65 bits per heavy atom. The first-order valence-corrected chi connectivity index (χ1v) is 8.33. The smallest absolute Gasteiger partial charge is 0.435 e. The van der Waals surface area contributed by atoms with Crippen LogP contribution in [-0.4, -0.2) is 50.5 Å². The van der Waals surface area contributed by atoms with Crippen LogP contribution in [0.5, 0.6) is 0 Å². The maximum absolute atomic E-state index is 13.1. The van der Waals surface area contributed by atoms with Crippen molar-refractivity contribution < 1.29 is 48.8 Å². The van der Waals surface area contributed by atoms with Crippen LogP contribution < -0.4 is 0 Å². The first kappa shape index (κ1) is 22.6. The van der Waals surface area contributed by atoms with Crippen LogP contribution in [0.2, 0.25) is 5.02 Å². The predicted octanol–water partition coefficient (Wildman–Crippen LogP) is 2.92. The molecule has 2 radical (unpaired) electrons. The van der Waals surface area contributed by atoms with Crippen molar-refractivity contribution in [1.82, 2.24) is 0 Å². The molecule has 1 aromatic carbocycles. The lowest BCUT2D eigenvalue weighted by atomic mass is 9.96. The molecule has 0 aliphatic heterocycles. The molecule has 1 aromatic rings. The fourth-order valence-electron chi connectivity index (χ4n) is 1.79. The lowest BCUT2D eigenvalue weighted by Gasteiger charge is -2.35. The van der Waals surface area contributed by atoms with Gasteiger partial charge in [-0.15, -0.1) is 0 Å². The average molecular weight is 425 g/mol. The number of alkyl halides is 6. The number of halogens is 7. The molecule has 0 atom stereocenters. The highest BCUT2D eigenvalue weighted by Crippen LogP contribution is 2.47. The molecule has 0 aromatic heterocycles. The molecule has 14 heteroatoms. The minimum Gasteiger partial charge on any atom is -0.435 e. The van der Waals surface area contributed by atoms with Gasteiger partial charge in [0.25, 0.3) is 10.1 Å². The van der Waals surface area contributed by atoms with Gasteiger partial charge < -0.3 is 4.74 Å². The summed E-state index contributed by atoms with van der Waals surface area (Å²) in [5, 5.41) is -0.567. The second-order valence-corrected chi connectivity index (χ2v) is 6.82. The van der Waals surface area contributed by atoms with Crippen molar-refractivity contribution in [3.05, 3.63) is 34.3 Å². The van der Waals surface area contributed by atoms with Crippen LogP contribution in [0.3, 0.4) is 0 Å².